The molecule has 4 amide bonds. The van der Waals surface area contributed by atoms with E-state index in [0.29, 0.717) is 25.1 Å². The lowest BCUT2D eigenvalue weighted by molar-refractivity contribution is -0.141. The summed E-state index contributed by atoms with van der Waals surface area (Å²) < 4.78 is 39.5. The number of benzene rings is 1. The van der Waals surface area contributed by atoms with Gasteiger partial charge in [0.05, 0.1) is 11.2 Å². The van der Waals surface area contributed by atoms with Gasteiger partial charge in [-0.1, -0.05) is 0 Å². The van der Waals surface area contributed by atoms with Crippen LogP contribution in [0.25, 0.3) is 0 Å². The molecule has 0 fully saturated rings. The van der Waals surface area contributed by atoms with Gasteiger partial charge < -0.3 is 31.8 Å². The van der Waals surface area contributed by atoms with Crippen molar-refractivity contribution in [2.45, 2.75) is 49.1 Å². The molecule has 1 aromatic heterocycles. The topological polar surface area (TPSA) is 225 Å². The summed E-state index contributed by atoms with van der Waals surface area (Å²) in [5.74, 6) is -3.22. The molecular weight excluding hydrogens is 525 g/mol. The number of urea groups is 1. The lowest BCUT2D eigenvalue weighted by Crippen LogP contribution is -2.51. The third kappa shape index (κ3) is 10.1. The Balaban J connectivity index is 1.90. The van der Waals surface area contributed by atoms with Crippen LogP contribution >= 0.6 is 0 Å². The first kappa shape index (κ1) is 30.2. The largest absolute Gasteiger partial charge is 0.480 e. The number of hydrogen-bond donors (Lipinski definition) is 7. The van der Waals surface area contributed by atoms with Gasteiger partial charge in [0, 0.05) is 31.3 Å². The van der Waals surface area contributed by atoms with Gasteiger partial charge in [0.1, 0.15) is 17.9 Å². The van der Waals surface area contributed by atoms with E-state index in [-0.39, 0.29) is 30.7 Å². The molecule has 14 nitrogen and oxygen atoms in total. The summed E-state index contributed by atoms with van der Waals surface area (Å²) in [6.45, 7) is 0.161. The van der Waals surface area contributed by atoms with Crippen LogP contribution in [0.4, 0.5) is 9.18 Å². The number of rotatable bonds is 15. The Morgan fingerprint density at radius 2 is 1.79 bits per heavy atom. The predicted octanol–water partition coefficient (Wildman–Crippen LogP) is -0.647. The van der Waals surface area contributed by atoms with Crippen LogP contribution in [-0.4, -0.2) is 72.5 Å². The number of unbranched alkanes of at least 4 members (excludes halogenated alkanes) is 1. The molecule has 0 saturated heterocycles. The zero-order chi connectivity index (χ0) is 28.1. The summed E-state index contributed by atoms with van der Waals surface area (Å²) >= 11 is 0. The lowest BCUT2D eigenvalue weighted by atomic mass is 10.1. The number of carboxylic acid groups (broad SMARTS) is 1. The van der Waals surface area contributed by atoms with Crippen LogP contribution in [0.2, 0.25) is 0 Å². The van der Waals surface area contributed by atoms with Crippen molar-refractivity contribution in [2.24, 2.45) is 5.73 Å². The van der Waals surface area contributed by atoms with E-state index >= 15 is 0 Å². The average Bonchev–Trinajstić information content (AvgIpc) is 3.36. The predicted molar refractivity (Wildman–Crippen MR) is 131 cm³/mol. The number of nitrogens with one attached hydrogen (secondary N) is 5. The summed E-state index contributed by atoms with van der Waals surface area (Å²) in [6.07, 6.45) is 3.65. The van der Waals surface area contributed by atoms with Crippen molar-refractivity contribution >= 4 is 33.8 Å². The summed E-state index contributed by atoms with van der Waals surface area (Å²) in [4.78, 5) is 54.8. The molecule has 1 aromatic carbocycles. The van der Waals surface area contributed by atoms with Crippen molar-refractivity contribution < 1.29 is 37.1 Å². The van der Waals surface area contributed by atoms with E-state index < -0.39 is 51.7 Å². The lowest BCUT2D eigenvalue weighted by Gasteiger charge is -2.19. The molecule has 0 aliphatic heterocycles. The second-order valence-electron chi connectivity index (χ2n) is 8.15. The number of amides is 4. The van der Waals surface area contributed by atoms with Crippen LogP contribution < -0.4 is 26.4 Å². The van der Waals surface area contributed by atoms with Gasteiger partial charge in [-0.05, 0) is 50.1 Å². The van der Waals surface area contributed by atoms with Gasteiger partial charge in [0.25, 0.3) is 10.0 Å². The van der Waals surface area contributed by atoms with Crippen molar-refractivity contribution in [3.8, 4) is 0 Å². The molecule has 8 N–H and O–H groups in total. The van der Waals surface area contributed by atoms with Gasteiger partial charge in [-0.3, -0.25) is 9.59 Å². The molecule has 16 heteroatoms. The van der Waals surface area contributed by atoms with Crippen LogP contribution in [-0.2, 0) is 30.8 Å². The average molecular weight is 556 g/mol. The molecule has 2 aromatic rings. The number of H-pyrrole nitrogens is 1. The Kier molecular flexibility index (Phi) is 11.6. The number of aromatic nitrogens is 2. The van der Waals surface area contributed by atoms with Gasteiger partial charge in [0.15, 0.2) is 0 Å². The Labute approximate surface area is 218 Å². The smallest absolute Gasteiger partial charge is 0.329 e. The molecule has 2 rings (SSSR count). The first-order chi connectivity index (χ1) is 18.0. The standard InChI is InChI=1S/C22H30FN7O7S/c23-14-4-6-16(7-5-14)38(36,37)30-22(35)29-17(3-1-2-9-24)20(32)26-10-8-19(31)28-18(21(33)34)11-15-12-25-13-27-15/h4-7,12-13,17-18H,1-3,8-11,24H2,(H,25,27)(H,26,32)(H,28,31)(H,33,34)(H2,29,30,35)/t17-,18-/m0/s1. The molecular formula is C22H30FN7O7S. The van der Waals surface area contributed by atoms with Crippen LogP contribution in [0.1, 0.15) is 31.4 Å². The van der Waals surface area contributed by atoms with Crippen molar-refractivity contribution in [1.82, 2.24) is 30.6 Å². The molecule has 0 radical (unpaired) electrons. The van der Waals surface area contributed by atoms with E-state index in [2.05, 4.69) is 25.9 Å². The molecule has 0 saturated carbocycles. The second-order valence-corrected chi connectivity index (χ2v) is 9.83. The third-order valence-corrected chi connectivity index (χ3v) is 6.53. The van der Waals surface area contributed by atoms with Crippen LogP contribution in [0.3, 0.4) is 0 Å². The minimum absolute atomic E-state index is 0.0174. The van der Waals surface area contributed by atoms with Gasteiger partial charge in [-0.15, -0.1) is 0 Å². The maximum Gasteiger partial charge on any atom is 0.329 e. The zero-order valence-corrected chi connectivity index (χ0v) is 21.1. The van der Waals surface area contributed by atoms with Crippen LogP contribution in [0.5, 0.6) is 0 Å². The number of aromatic amines is 1. The number of hydrogen-bond acceptors (Lipinski definition) is 8. The number of nitrogens with two attached hydrogens (primary N) is 1. The number of imidazole rings is 1. The molecule has 2 atom stereocenters. The Morgan fingerprint density at radius 1 is 1.08 bits per heavy atom. The third-order valence-electron chi connectivity index (χ3n) is 5.18. The van der Waals surface area contributed by atoms with Gasteiger partial charge >= 0.3 is 12.0 Å². The Hall–Kier alpha value is -4.05. The fourth-order valence-electron chi connectivity index (χ4n) is 3.25. The van der Waals surface area contributed by atoms with E-state index in [9.17, 15) is 37.1 Å². The summed E-state index contributed by atoms with van der Waals surface area (Å²) in [5, 5.41) is 16.4. The van der Waals surface area contributed by atoms with E-state index in [1.807, 2.05) is 0 Å². The molecule has 0 bridgehead atoms. The van der Waals surface area contributed by atoms with Crippen molar-refractivity contribution in [3.05, 3.63) is 48.3 Å². The van der Waals surface area contributed by atoms with Crippen molar-refractivity contribution in [2.75, 3.05) is 13.1 Å². The summed E-state index contributed by atoms with van der Waals surface area (Å²) in [7, 11) is -4.33. The van der Waals surface area contributed by atoms with Gasteiger partial charge in [-0.2, -0.15) is 0 Å². The normalized spacial score (nSPS) is 12.7. The fourth-order valence-corrected chi connectivity index (χ4v) is 4.16. The first-order valence-electron chi connectivity index (χ1n) is 11.6. The SMILES string of the molecule is NCCCC[C@H](NC(=O)NS(=O)(=O)c1ccc(F)cc1)C(=O)NCCC(=O)N[C@@H](Cc1cnc[nH]1)C(=O)O. The number of nitrogens with zero attached hydrogens (tertiary/aromatic N) is 1. The molecule has 0 unspecified atom stereocenters. The highest BCUT2D eigenvalue weighted by atomic mass is 32.2. The van der Waals surface area contributed by atoms with Crippen molar-refractivity contribution in [3.63, 3.8) is 0 Å². The van der Waals surface area contributed by atoms with E-state index in [4.69, 9.17) is 5.73 Å². The molecule has 1 heterocycles. The number of carbonyl (C=O) groups excluding carboxylic acids is 3. The Morgan fingerprint density at radius 3 is 2.39 bits per heavy atom. The number of aliphatic carboxylic acids is 1. The first-order valence-corrected chi connectivity index (χ1v) is 13.1. The van der Waals surface area contributed by atoms with Crippen molar-refractivity contribution in [1.29, 1.82) is 0 Å². The molecule has 0 aliphatic carbocycles. The van der Waals surface area contributed by atoms with Gasteiger partial charge in [-0.25, -0.2) is 32.1 Å². The molecule has 0 aliphatic rings. The van der Waals surface area contributed by atoms with E-state index in [0.717, 1.165) is 24.3 Å². The maximum atomic E-state index is 13.1. The second kappa shape index (κ2) is 14.6. The Bertz CT molecular complexity index is 1190. The number of sulfonamides is 1. The van der Waals surface area contributed by atoms with E-state index in [1.54, 1.807) is 4.72 Å². The number of carboxylic acids is 1. The maximum absolute atomic E-state index is 13.1. The highest BCUT2D eigenvalue weighted by Gasteiger charge is 2.25. The minimum atomic E-state index is -4.33. The molecule has 0 spiro atoms. The minimum Gasteiger partial charge on any atom is -0.480 e. The quantitative estimate of drug-likeness (QED) is 0.138. The highest BCUT2D eigenvalue weighted by Crippen LogP contribution is 2.10. The summed E-state index contributed by atoms with van der Waals surface area (Å²) in [5.41, 5.74) is 5.98. The fraction of sp³-hybridized carbons (Fsp3) is 0.409. The number of halogens is 1. The zero-order valence-electron chi connectivity index (χ0n) is 20.3. The highest BCUT2D eigenvalue weighted by molar-refractivity contribution is 7.90. The molecule has 38 heavy (non-hydrogen) atoms. The number of carbonyl (C=O) groups is 4. The molecule has 208 valence electrons. The monoisotopic (exact) mass is 555 g/mol. The van der Waals surface area contributed by atoms with Crippen LogP contribution in [0, 0.1) is 5.82 Å². The summed E-state index contributed by atoms with van der Waals surface area (Å²) in [6, 6.07) is 0.249. The van der Waals surface area contributed by atoms with Crippen LogP contribution in [0.15, 0.2) is 41.7 Å². The van der Waals surface area contributed by atoms with E-state index in [1.165, 1.54) is 12.5 Å². The van der Waals surface area contributed by atoms with Gasteiger partial charge in [0.2, 0.25) is 11.8 Å².